The smallest absolute Gasteiger partial charge is 0.550 e. The molecule has 0 radical (unpaired) electrons. The molecule has 2 aromatic rings. The average Bonchev–Trinajstić information content (AvgIpc) is 2.93. The second-order valence-electron chi connectivity index (χ2n) is 8.31. The van der Waals surface area contributed by atoms with Crippen LogP contribution in [-0.2, 0) is 23.9 Å². The fourth-order valence-electron chi connectivity index (χ4n) is 2.42. The number of carbonyl (C=O) groups excluding carboxylic acids is 5. The first kappa shape index (κ1) is 43.6. The topological polar surface area (TPSA) is 127 Å². The zero-order chi connectivity index (χ0) is 31.6. The molecule has 0 aliphatic heterocycles. The van der Waals surface area contributed by atoms with Crippen molar-refractivity contribution in [2.75, 3.05) is 13.2 Å². The van der Waals surface area contributed by atoms with E-state index >= 15 is 0 Å². The fraction of sp³-hybridized carbons (Fsp3) is 0.344. The number of Topliss-reactive ketones (excluding diaryl/α,β-unsaturated/α-hetero) is 2. The van der Waals surface area contributed by atoms with E-state index in [1.54, 1.807) is 49.4 Å². The Bertz CT molecular complexity index is 1110. The summed E-state index contributed by atoms with van der Waals surface area (Å²) in [5.74, 6) is -1.61. The molecule has 2 rings (SSSR count). The van der Waals surface area contributed by atoms with Crippen molar-refractivity contribution in [3.05, 3.63) is 88.4 Å². The molecule has 0 spiro atoms. The van der Waals surface area contributed by atoms with Gasteiger partial charge in [0.2, 0.25) is 0 Å². The maximum atomic E-state index is 11.3. The van der Waals surface area contributed by atoms with E-state index in [2.05, 4.69) is 27.2 Å². The van der Waals surface area contributed by atoms with E-state index in [1.807, 2.05) is 26.0 Å². The van der Waals surface area contributed by atoms with E-state index in [0.29, 0.717) is 18.8 Å². The van der Waals surface area contributed by atoms with E-state index in [0.717, 1.165) is 48.2 Å². The summed E-state index contributed by atoms with van der Waals surface area (Å²) in [7, 11) is 0. The van der Waals surface area contributed by atoms with Gasteiger partial charge < -0.3 is 19.4 Å². The summed E-state index contributed by atoms with van der Waals surface area (Å²) in [4.78, 5) is 52.4. The minimum absolute atomic E-state index is 0. The molecule has 0 saturated heterocycles. The van der Waals surface area contributed by atoms with Crippen LogP contribution < -0.4 is 34.7 Å². The Morgan fingerprint density at radius 1 is 0.762 bits per heavy atom. The maximum Gasteiger partial charge on any atom is 1.00 e. The number of rotatable bonds is 11. The van der Waals surface area contributed by atoms with Gasteiger partial charge in [-0.3, -0.25) is 9.59 Å². The predicted molar refractivity (Wildman–Crippen MR) is 162 cm³/mol. The third-order valence-electron chi connectivity index (χ3n) is 4.63. The molecule has 0 N–H and O–H groups in total. The van der Waals surface area contributed by atoms with Gasteiger partial charge in [0.1, 0.15) is 0 Å². The Kier molecular flexibility index (Phi) is 29.4. The van der Waals surface area contributed by atoms with Crippen LogP contribution >= 0.6 is 15.9 Å². The molecular weight excluding hydrogens is 615 g/mol. The van der Waals surface area contributed by atoms with Gasteiger partial charge in [-0.15, -0.1) is 0 Å². The van der Waals surface area contributed by atoms with Gasteiger partial charge in [0.05, 0.1) is 13.2 Å². The number of hydrogen-bond donors (Lipinski definition) is 0. The van der Waals surface area contributed by atoms with Gasteiger partial charge >= 0.3 is 41.5 Å². The number of halogens is 1. The zero-order valence-electron chi connectivity index (χ0n) is 25.4. The van der Waals surface area contributed by atoms with Gasteiger partial charge in [-0.05, 0) is 57.4 Å². The van der Waals surface area contributed by atoms with Crippen molar-refractivity contribution >= 4 is 51.5 Å². The van der Waals surface area contributed by atoms with Gasteiger partial charge in [0, 0.05) is 33.7 Å². The van der Waals surface area contributed by atoms with Gasteiger partial charge in [-0.25, -0.2) is 9.59 Å². The van der Waals surface area contributed by atoms with Crippen molar-refractivity contribution in [1.29, 1.82) is 0 Å². The number of benzene rings is 2. The van der Waals surface area contributed by atoms with E-state index in [4.69, 9.17) is 14.6 Å². The SMILES string of the molecule is C=CC(=O)OCCCC.CC(=O)[O-].CC(=O)c1ccc(Br)cc1.CCCCOC(=O)/C=C/c1ccc(C(C)=O)cc1.[Na+]. The predicted octanol–water partition coefficient (Wildman–Crippen LogP) is 3.17. The minimum Gasteiger partial charge on any atom is -0.550 e. The first-order valence-electron chi connectivity index (χ1n) is 13.1. The van der Waals surface area contributed by atoms with Crippen molar-refractivity contribution in [1.82, 2.24) is 0 Å². The van der Waals surface area contributed by atoms with Gasteiger partial charge in [-0.1, -0.05) is 85.6 Å². The summed E-state index contributed by atoms with van der Waals surface area (Å²) in [6.45, 7) is 12.4. The van der Waals surface area contributed by atoms with Crippen LogP contribution in [0.3, 0.4) is 0 Å². The molecule has 0 amide bonds. The second-order valence-corrected chi connectivity index (χ2v) is 9.23. The van der Waals surface area contributed by atoms with Gasteiger partial charge in [-0.2, -0.15) is 0 Å². The van der Waals surface area contributed by atoms with E-state index in [9.17, 15) is 19.2 Å². The summed E-state index contributed by atoms with van der Waals surface area (Å²) >= 11 is 3.28. The number of aliphatic carboxylic acids is 1. The van der Waals surface area contributed by atoms with Crippen LogP contribution in [0, 0.1) is 0 Å². The van der Waals surface area contributed by atoms with E-state index in [1.165, 1.54) is 19.1 Å². The molecule has 0 saturated carbocycles. The van der Waals surface area contributed by atoms with Crippen LogP contribution in [0.2, 0.25) is 0 Å². The molecular formula is C32H40BrNaO8. The number of unbranched alkanes of at least 4 members (excludes halogenated alkanes) is 2. The van der Waals surface area contributed by atoms with Crippen LogP contribution in [0.15, 0.2) is 71.7 Å². The molecule has 0 fully saturated rings. The Hall–Kier alpha value is -2.85. The molecule has 0 atom stereocenters. The zero-order valence-corrected chi connectivity index (χ0v) is 29.0. The van der Waals surface area contributed by atoms with Crippen LogP contribution in [0.5, 0.6) is 0 Å². The Morgan fingerprint density at radius 2 is 1.14 bits per heavy atom. The fourth-order valence-corrected chi connectivity index (χ4v) is 2.68. The molecule has 42 heavy (non-hydrogen) atoms. The quantitative estimate of drug-likeness (QED) is 0.119. The summed E-state index contributed by atoms with van der Waals surface area (Å²) in [5, 5.41) is 8.89. The number of ether oxygens (including phenoxy) is 2. The second kappa shape index (κ2) is 28.3. The third-order valence-corrected chi connectivity index (χ3v) is 5.16. The largest absolute Gasteiger partial charge is 1.00 e. The van der Waals surface area contributed by atoms with Gasteiger partial charge in [0.15, 0.2) is 11.6 Å². The van der Waals surface area contributed by atoms with Crippen LogP contribution in [-0.4, -0.2) is 42.7 Å². The molecule has 0 unspecified atom stereocenters. The van der Waals surface area contributed by atoms with Crippen molar-refractivity contribution in [3.8, 4) is 0 Å². The number of esters is 2. The van der Waals surface area contributed by atoms with Crippen LogP contribution in [0.25, 0.3) is 6.08 Å². The Morgan fingerprint density at radius 3 is 1.50 bits per heavy atom. The molecule has 0 heterocycles. The summed E-state index contributed by atoms with van der Waals surface area (Å²) < 4.78 is 10.7. The van der Waals surface area contributed by atoms with Crippen LogP contribution in [0.1, 0.15) is 86.6 Å². The Labute approximate surface area is 280 Å². The molecule has 0 aromatic heterocycles. The molecule has 2 aromatic carbocycles. The third kappa shape index (κ3) is 27.3. The van der Waals surface area contributed by atoms with Crippen molar-refractivity contribution in [2.45, 2.75) is 60.3 Å². The molecule has 0 aliphatic rings. The number of carboxylic acids is 1. The average molecular weight is 656 g/mol. The summed E-state index contributed by atoms with van der Waals surface area (Å²) in [6, 6.07) is 14.4. The van der Waals surface area contributed by atoms with Gasteiger partial charge in [0.25, 0.3) is 0 Å². The van der Waals surface area contributed by atoms with Crippen molar-refractivity contribution in [2.24, 2.45) is 0 Å². The standard InChI is InChI=1S/C15H18O3.C8H7BrO.C7H12O2.C2H4O2.Na/c1-3-4-11-18-15(17)10-7-13-5-8-14(9-6-13)12(2)16;1-6(10)7-2-4-8(9)5-3-7;1-3-5-6-9-7(8)4-2;1-2(3)4;/h5-10H,3-4,11H2,1-2H3;2-5H,1H3;4H,2-3,5-6H2,1H3;1H3,(H,3,4);/q;;;;+1/p-1/b10-7+;;;;. The van der Waals surface area contributed by atoms with E-state index < -0.39 is 5.97 Å². The monoisotopic (exact) mass is 654 g/mol. The summed E-state index contributed by atoms with van der Waals surface area (Å²) in [5.41, 5.74) is 2.29. The molecule has 10 heteroatoms. The minimum atomic E-state index is -1.08. The first-order chi connectivity index (χ1) is 19.4. The van der Waals surface area contributed by atoms with Crippen LogP contribution in [0.4, 0.5) is 0 Å². The number of hydrogen-bond acceptors (Lipinski definition) is 8. The first-order valence-corrected chi connectivity index (χ1v) is 13.9. The maximum absolute atomic E-state index is 11.3. The van der Waals surface area contributed by atoms with Crippen molar-refractivity contribution in [3.63, 3.8) is 0 Å². The number of ketones is 2. The molecule has 0 aliphatic carbocycles. The molecule has 0 bridgehead atoms. The molecule has 8 nitrogen and oxygen atoms in total. The number of carbonyl (C=O) groups is 5. The van der Waals surface area contributed by atoms with Crippen molar-refractivity contribution < 1.29 is 68.1 Å². The molecule has 224 valence electrons. The normalized spacial score (nSPS) is 9.19. The Balaban J connectivity index is -0.000000540. The number of carboxylic acid groups (broad SMARTS) is 1. The summed E-state index contributed by atoms with van der Waals surface area (Å²) in [6.07, 6.45) is 8.12. The van der Waals surface area contributed by atoms with E-state index in [-0.39, 0.29) is 53.1 Å².